The number of carbonyl (C=O) groups is 2. The first-order chi connectivity index (χ1) is 11.1. The van der Waals surface area contributed by atoms with Gasteiger partial charge in [0, 0.05) is 6.54 Å². The van der Waals surface area contributed by atoms with Gasteiger partial charge in [-0.15, -0.1) is 11.3 Å². The van der Waals surface area contributed by atoms with E-state index in [2.05, 4.69) is 12.2 Å². The number of esters is 2. The van der Waals surface area contributed by atoms with Crippen molar-refractivity contribution in [2.45, 2.75) is 53.4 Å². The minimum absolute atomic E-state index is 0.304. The van der Waals surface area contributed by atoms with E-state index in [1.807, 2.05) is 0 Å². The van der Waals surface area contributed by atoms with Crippen LogP contribution in [0.3, 0.4) is 0 Å². The Hall–Kier alpha value is -1.56. The number of unbranched alkanes of at least 4 members (excludes halogenated alkanes) is 3. The molecule has 0 atom stereocenters. The van der Waals surface area contributed by atoms with Crippen LogP contribution in [0.5, 0.6) is 0 Å². The quantitative estimate of drug-likeness (QED) is 0.505. The second-order valence-electron chi connectivity index (χ2n) is 5.19. The molecule has 1 aromatic rings. The van der Waals surface area contributed by atoms with E-state index in [0.29, 0.717) is 34.2 Å². The molecular weight excluding hydrogens is 314 g/mol. The molecule has 5 nitrogen and oxygen atoms in total. The summed E-state index contributed by atoms with van der Waals surface area (Å²) in [5.41, 5.74) is 1.08. The fraction of sp³-hybridized carbons (Fsp3) is 0.647. The van der Waals surface area contributed by atoms with Gasteiger partial charge in [0.2, 0.25) is 0 Å². The lowest BCUT2D eigenvalue weighted by Crippen LogP contribution is -2.10. The summed E-state index contributed by atoms with van der Waals surface area (Å²) in [6.45, 7) is 8.85. The first kappa shape index (κ1) is 19.5. The maximum Gasteiger partial charge on any atom is 0.348 e. The summed E-state index contributed by atoms with van der Waals surface area (Å²) in [7, 11) is 0. The number of nitrogens with one attached hydrogen (secondary N) is 1. The Morgan fingerprint density at radius 2 is 1.65 bits per heavy atom. The number of thiophene rings is 1. The lowest BCUT2D eigenvalue weighted by molar-refractivity contribution is 0.0527. The fourth-order valence-electron chi connectivity index (χ4n) is 2.23. The van der Waals surface area contributed by atoms with Crippen LogP contribution in [-0.4, -0.2) is 31.7 Å². The normalized spacial score (nSPS) is 10.4. The van der Waals surface area contributed by atoms with Crippen LogP contribution in [0.25, 0.3) is 0 Å². The summed E-state index contributed by atoms with van der Waals surface area (Å²) in [4.78, 5) is 24.7. The number of rotatable bonds is 10. The highest BCUT2D eigenvalue weighted by molar-refractivity contribution is 7.18. The Labute approximate surface area is 142 Å². The smallest absolute Gasteiger partial charge is 0.348 e. The average Bonchev–Trinajstić information content (AvgIpc) is 2.84. The molecule has 0 aliphatic rings. The number of hydrogen-bond acceptors (Lipinski definition) is 6. The average molecular weight is 341 g/mol. The van der Waals surface area contributed by atoms with Gasteiger partial charge in [-0.2, -0.15) is 0 Å². The lowest BCUT2D eigenvalue weighted by atomic mass is 10.1. The predicted molar refractivity (Wildman–Crippen MR) is 93.6 cm³/mol. The topological polar surface area (TPSA) is 64.6 Å². The summed E-state index contributed by atoms with van der Waals surface area (Å²) in [6, 6.07) is 0. The zero-order valence-corrected chi connectivity index (χ0v) is 15.3. The molecular formula is C17H27NO4S. The summed E-state index contributed by atoms with van der Waals surface area (Å²) < 4.78 is 10.2. The molecule has 0 fully saturated rings. The maximum absolute atomic E-state index is 12.2. The van der Waals surface area contributed by atoms with Crippen molar-refractivity contribution < 1.29 is 19.1 Å². The highest BCUT2D eigenvalue weighted by atomic mass is 32.1. The summed E-state index contributed by atoms with van der Waals surface area (Å²) >= 11 is 1.27. The van der Waals surface area contributed by atoms with Crippen LogP contribution in [0.4, 0.5) is 5.00 Å². The van der Waals surface area contributed by atoms with Gasteiger partial charge in [0.25, 0.3) is 0 Å². The molecule has 23 heavy (non-hydrogen) atoms. The van der Waals surface area contributed by atoms with Crippen LogP contribution < -0.4 is 5.32 Å². The van der Waals surface area contributed by atoms with Gasteiger partial charge in [0.15, 0.2) is 0 Å². The molecule has 130 valence electrons. The Kier molecular flexibility index (Phi) is 8.69. The van der Waals surface area contributed by atoms with Crippen LogP contribution in [0.15, 0.2) is 0 Å². The monoisotopic (exact) mass is 341 g/mol. The van der Waals surface area contributed by atoms with Crippen molar-refractivity contribution in [2.24, 2.45) is 0 Å². The van der Waals surface area contributed by atoms with Gasteiger partial charge >= 0.3 is 11.9 Å². The first-order valence-electron chi connectivity index (χ1n) is 8.28. The van der Waals surface area contributed by atoms with E-state index < -0.39 is 5.97 Å². The molecule has 0 saturated heterocycles. The number of hydrogen-bond donors (Lipinski definition) is 1. The van der Waals surface area contributed by atoms with Crippen LogP contribution in [-0.2, 0) is 9.47 Å². The van der Waals surface area contributed by atoms with E-state index in [1.165, 1.54) is 24.2 Å². The molecule has 0 saturated carbocycles. The van der Waals surface area contributed by atoms with E-state index in [-0.39, 0.29) is 5.97 Å². The second-order valence-corrected chi connectivity index (χ2v) is 6.21. The van der Waals surface area contributed by atoms with Gasteiger partial charge in [-0.1, -0.05) is 26.2 Å². The number of carbonyl (C=O) groups excluding carboxylic acids is 2. The molecule has 0 spiro atoms. The highest BCUT2D eigenvalue weighted by Crippen LogP contribution is 2.34. The summed E-state index contributed by atoms with van der Waals surface area (Å²) in [6.07, 6.45) is 4.55. The molecule has 0 amide bonds. The van der Waals surface area contributed by atoms with E-state index in [9.17, 15) is 9.59 Å². The van der Waals surface area contributed by atoms with Crippen LogP contribution >= 0.6 is 11.3 Å². The van der Waals surface area contributed by atoms with E-state index >= 15 is 0 Å². The van der Waals surface area contributed by atoms with Gasteiger partial charge in [-0.3, -0.25) is 0 Å². The van der Waals surface area contributed by atoms with Crippen LogP contribution in [0.2, 0.25) is 0 Å². The Morgan fingerprint density at radius 1 is 1.00 bits per heavy atom. The minimum atomic E-state index is -0.396. The predicted octanol–water partition coefficient (Wildman–Crippen LogP) is 4.40. The zero-order valence-electron chi connectivity index (χ0n) is 14.5. The lowest BCUT2D eigenvalue weighted by Gasteiger charge is -2.07. The van der Waals surface area contributed by atoms with Crippen molar-refractivity contribution >= 4 is 28.3 Å². The van der Waals surface area contributed by atoms with Gasteiger partial charge in [-0.25, -0.2) is 9.59 Å². The molecule has 0 radical (unpaired) electrons. The van der Waals surface area contributed by atoms with Crippen LogP contribution in [0.1, 0.15) is 72.0 Å². The van der Waals surface area contributed by atoms with E-state index in [1.54, 1.807) is 20.8 Å². The first-order valence-corrected chi connectivity index (χ1v) is 9.09. The van der Waals surface area contributed by atoms with E-state index in [4.69, 9.17) is 9.47 Å². The van der Waals surface area contributed by atoms with Crippen molar-refractivity contribution in [1.29, 1.82) is 0 Å². The molecule has 1 heterocycles. The third kappa shape index (κ3) is 5.53. The zero-order chi connectivity index (χ0) is 17.2. The molecule has 0 aromatic carbocycles. The highest BCUT2D eigenvalue weighted by Gasteiger charge is 2.26. The number of ether oxygens (including phenoxy) is 2. The molecule has 1 rings (SSSR count). The third-order valence-corrected chi connectivity index (χ3v) is 4.63. The van der Waals surface area contributed by atoms with Gasteiger partial charge in [-0.05, 0) is 32.8 Å². The molecule has 1 aromatic heterocycles. The van der Waals surface area contributed by atoms with Gasteiger partial charge in [0.1, 0.15) is 9.88 Å². The minimum Gasteiger partial charge on any atom is -0.462 e. The SMILES string of the molecule is CCCCCCNc1sc(C(=O)OCC)c(C)c1C(=O)OCC. The Balaban J connectivity index is 2.94. The van der Waals surface area contributed by atoms with Crippen molar-refractivity contribution in [1.82, 2.24) is 0 Å². The van der Waals surface area contributed by atoms with Crippen molar-refractivity contribution in [2.75, 3.05) is 25.1 Å². The van der Waals surface area contributed by atoms with Crippen molar-refractivity contribution in [3.05, 3.63) is 16.0 Å². The molecule has 0 aliphatic carbocycles. The molecule has 1 N–H and O–H groups in total. The molecule has 0 bridgehead atoms. The third-order valence-electron chi connectivity index (χ3n) is 3.40. The summed E-state index contributed by atoms with van der Waals surface area (Å²) in [5.74, 6) is -0.785. The Bertz CT molecular complexity index is 525. The number of anilines is 1. The Morgan fingerprint density at radius 3 is 2.26 bits per heavy atom. The molecule has 0 aliphatic heterocycles. The van der Waals surface area contributed by atoms with Gasteiger partial charge in [0.05, 0.1) is 18.8 Å². The maximum atomic E-state index is 12.2. The summed E-state index contributed by atoms with van der Waals surface area (Å²) in [5, 5.41) is 3.97. The van der Waals surface area contributed by atoms with Crippen LogP contribution in [0, 0.1) is 6.92 Å². The molecule has 0 unspecified atom stereocenters. The van der Waals surface area contributed by atoms with E-state index in [0.717, 1.165) is 19.4 Å². The largest absolute Gasteiger partial charge is 0.462 e. The fourth-order valence-corrected chi connectivity index (χ4v) is 3.35. The van der Waals surface area contributed by atoms with Crippen molar-refractivity contribution in [3.63, 3.8) is 0 Å². The van der Waals surface area contributed by atoms with Gasteiger partial charge < -0.3 is 14.8 Å². The standard InChI is InChI=1S/C17H27NO4S/c1-5-8-9-10-11-18-15-13(16(19)21-6-2)12(4)14(23-15)17(20)22-7-3/h18H,5-11H2,1-4H3. The molecule has 6 heteroatoms. The second kappa shape index (κ2) is 10.3. The van der Waals surface area contributed by atoms with Crippen molar-refractivity contribution in [3.8, 4) is 0 Å².